The Hall–Kier alpha value is -3.55. The number of aromatic nitrogens is 1. The predicted octanol–water partition coefficient (Wildman–Crippen LogP) is 3.96. The van der Waals surface area contributed by atoms with Crippen LogP contribution in [0.2, 0.25) is 0 Å². The second-order valence-electron chi connectivity index (χ2n) is 5.36. The summed E-state index contributed by atoms with van der Waals surface area (Å²) in [4.78, 5) is 8.30. The highest BCUT2D eigenvalue weighted by Crippen LogP contribution is 2.41. The van der Waals surface area contributed by atoms with E-state index in [4.69, 9.17) is 18.6 Å². The third-order valence-corrected chi connectivity index (χ3v) is 3.69. The van der Waals surface area contributed by atoms with E-state index < -0.39 is 11.8 Å². The average Bonchev–Trinajstić information content (AvgIpc) is 3.05. The molecule has 0 atom stereocenters. The summed E-state index contributed by atoms with van der Waals surface area (Å²) in [5, 5.41) is 10.00. The van der Waals surface area contributed by atoms with E-state index in [2.05, 4.69) is 9.98 Å². The van der Waals surface area contributed by atoms with Crippen LogP contribution in [0.3, 0.4) is 0 Å². The second-order valence-corrected chi connectivity index (χ2v) is 5.36. The molecule has 0 amide bonds. The Kier molecular flexibility index (Phi) is 5.25. The summed E-state index contributed by atoms with van der Waals surface area (Å²) in [7, 11) is 4.48. The van der Waals surface area contributed by atoms with Gasteiger partial charge < -0.3 is 23.7 Å². The lowest BCUT2D eigenvalue weighted by Crippen LogP contribution is -1.95. The first-order valence-electron chi connectivity index (χ1n) is 7.85. The molecule has 0 fully saturated rings. The topological polar surface area (TPSA) is 86.3 Å². The van der Waals surface area contributed by atoms with Crippen molar-refractivity contribution in [2.45, 2.75) is 0 Å². The monoisotopic (exact) mass is 372 g/mol. The van der Waals surface area contributed by atoms with Crippen molar-refractivity contribution in [1.82, 2.24) is 4.98 Å². The molecular formula is C19H17FN2O5. The smallest absolute Gasteiger partial charge is 0.312 e. The SMILES string of the molecule is COc1cc(-c2nc(C=Nc3cccc(F)c3)c(O)o2)cc(OC)c1OC. The van der Waals surface area contributed by atoms with Gasteiger partial charge in [0.2, 0.25) is 11.6 Å². The molecule has 0 saturated carbocycles. The second kappa shape index (κ2) is 7.77. The minimum Gasteiger partial charge on any atom is -0.493 e. The van der Waals surface area contributed by atoms with Gasteiger partial charge in [0.1, 0.15) is 5.82 Å². The lowest BCUT2D eigenvalue weighted by Gasteiger charge is -2.12. The van der Waals surface area contributed by atoms with Crippen LogP contribution < -0.4 is 14.2 Å². The van der Waals surface area contributed by atoms with Crippen molar-refractivity contribution in [3.63, 3.8) is 0 Å². The molecule has 0 radical (unpaired) electrons. The summed E-state index contributed by atoms with van der Waals surface area (Å²) in [5.41, 5.74) is 0.986. The summed E-state index contributed by atoms with van der Waals surface area (Å²) in [6, 6.07) is 9.01. The molecule has 0 spiro atoms. The van der Waals surface area contributed by atoms with E-state index in [-0.39, 0.29) is 11.6 Å². The standard InChI is InChI=1S/C19H17FN2O5/c1-24-15-7-11(8-16(25-2)17(15)26-3)18-22-14(19(23)27-18)10-21-13-6-4-5-12(20)9-13/h4-10,23H,1-3H3. The maximum Gasteiger partial charge on any atom is 0.312 e. The zero-order valence-corrected chi connectivity index (χ0v) is 14.9. The number of benzene rings is 2. The van der Waals surface area contributed by atoms with Crippen LogP contribution in [0.1, 0.15) is 5.69 Å². The Balaban J connectivity index is 1.96. The van der Waals surface area contributed by atoms with Crippen LogP contribution >= 0.6 is 0 Å². The normalized spacial score (nSPS) is 11.0. The largest absolute Gasteiger partial charge is 0.493 e. The van der Waals surface area contributed by atoms with Gasteiger partial charge in [-0.05, 0) is 30.3 Å². The summed E-state index contributed by atoms with van der Waals surface area (Å²) in [5.74, 6) is 0.560. The van der Waals surface area contributed by atoms with Gasteiger partial charge in [0.05, 0.1) is 33.2 Å². The first kappa shape index (κ1) is 18.2. The first-order valence-corrected chi connectivity index (χ1v) is 7.85. The lowest BCUT2D eigenvalue weighted by atomic mass is 10.2. The molecule has 140 valence electrons. The third-order valence-electron chi connectivity index (χ3n) is 3.69. The number of hydrogen-bond donors (Lipinski definition) is 1. The van der Waals surface area contributed by atoms with Crippen LogP contribution in [0, 0.1) is 5.82 Å². The predicted molar refractivity (Wildman–Crippen MR) is 96.9 cm³/mol. The van der Waals surface area contributed by atoms with E-state index in [1.165, 1.54) is 45.7 Å². The van der Waals surface area contributed by atoms with E-state index >= 15 is 0 Å². The molecule has 3 rings (SSSR count). The summed E-state index contributed by atoms with van der Waals surface area (Å²) in [6.45, 7) is 0. The van der Waals surface area contributed by atoms with Crippen molar-refractivity contribution in [3.8, 4) is 34.6 Å². The molecule has 1 N–H and O–H groups in total. The van der Waals surface area contributed by atoms with Crippen molar-refractivity contribution < 1.29 is 28.1 Å². The molecule has 3 aromatic rings. The van der Waals surface area contributed by atoms with Gasteiger partial charge in [-0.25, -0.2) is 9.37 Å². The summed E-state index contributed by atoms with van der Waals surface area (Å²) >= 11 is 0. The van der Waals surface area contributed by atoms with Crippen LogP contribution in [0.25, 0.3) is 11.5 Å². The fraction of sp³-hybridized carbons (Fsp3) is 0.158. The van der Waals surface area contributed by atoms with Crippen molar-refractivity contribution in [1.29, 1.82) is 0 Å². The zero-order valence-electron chi connectivity index (χ0n) is 14.9. The van der Waals surface area contributed by atoms with Crippen LogP contribution in [0.4, 0.5) is 10.1 Å². The fourth-order valence-corrected chi connectivity index (χ4v) is 2.43. The van der Waals surface area contributed by atoms with Gasteiger partial charge >= 0.3 is 5.95 Å². The summed E-state index contributed by atoms with van der Waals surface area (Å²) in [6.07, 6.45) is 1.29. The minimum atomic E-state index is -0.418. The van der Waals surface area contributed by atoms with Gasteiger partial charge in [0, 0.05) is 5.56 Å². The molecule has 0 saturated heterocycles. The molecule has 0 aliphatic rings. The van der Waals surface area contributed by atoms with Crippen molar-refractivity contribution in [2.24, 2.45) is 4.99 Å². The number of ether oxygens (including phenoxy) is 3. The number of aliphatic imine (C=N–C) groups is 1. The van der Waals surface area contributed by atoms with Crippen molar-refractivity contribution >= 4 is 11.9 Å². The van der Waals surface area contributed by atoms with Gasteiger partial charge in [-0.3, -0.25) is 4.99 Å². The molecule has 8 heteroatoms. The van der Waals surface area contributed by atoms with Crippen LogP contribution in [0.15, 0.2) is 45.8 Å². The Labute approximate surface area is 154 Å². The van der Waals surface area contributed by atoms with E-state index in [9.17, 15) is 9.50 Å². The molecule has 0 aliphatic heterocycles. The van der Waals surface area contributed by atoms with E-state index in [1.807, 2.05) is 0 Å². The summed E-state index contributed by atoms with van der Waals surface area (Å²) < 4.78 is 34.4. The number of nitrogens with zero attached hydrogens (tertiary/aromatic N) is 2. The average molecular weight is 372 g/mol. The number of rotatable bonds is 6. The number of halogens is 1. The number of oxazole rings is 1. The number of methoxy groups -OCH3 is 3. The molecule has 0 aliphatic carbocycles. The maximum absolute atomic E-state index is 13.2. The highest BCUT2D eigenvalue weighted by atomic mass is 19.1. The van der Waals surface area contributed by atoms with E-state index in [0.29, 0.717) is 28.5 Å². The lowest BCUT2D eigenvalue weighted by molar-refractivity contribution is 0.323. The molecule has 7 nitrogen and oxygen atoms in total. The maximum atomic E-state index is 13.2. The molecule has 1 aromatic heterocycles. The van der Waals surface area contributed by atoms with Gasteiger partial charge in [0.15, 0.2) is 17.2 Å². The van der Waals surface area contributed by atoms with Gasteiger partial charge in [0.25, 0.3) is 0 Å². The number of aromatic hydroxyl groups is 1. The van der Waals surface area contributed by atoms with E-state index in [1.54, 1.807) is 18.2 Å². The van der Waals surface area contributed by atoms with Crippen LogP contribution in [-0.4, -0.2) is 37.6 Å². The molecular weight excluding hydrogens is 355 g/mol. The zero-order chi connectivity index (χ0) is 19.4. The molecule has 27 heavy (non-hydrogen) atoms. The van der Waals surface area contributed by atoms with E-state index in [0.717, 1.165) is 0 Å². The Morgan fingerprint density at radius 2 is 1.78 bits per heavy atom. The minimum absolute atomic E-state index is 0.100. The molecule has 0 unspecified atom stereocenters. The van der Waals surface area contributed by atoms with Gasteiger partial charge in [-0.1, -0.05) is 6.07 Å². The number of hydrogen-bond acceptors (Lipinski definition) is 7. The first-order chi connectivity index (χ1) is 13.0. The van der Waals surface area contributed by atoms with Crippen molar-refractivity contribution in [3.05, 3.63) is 47.9 Å². The third kappa shape index (κ3) is 3.84. The molecule has 2 aromatic carbocycles. The Morgan fingerprint density at radius 1 is 1.07 bits per heavy atom. The Bertz CT molecular complexity index is 959. The van der Waals surface area contributed by atoms with Crippen LogP contribution in [0.5, 0.6) is 23.2 Å². The van der Waals surface area contributed by atoms with Crippen LogP contribution in [-0.2, 0) is 0 Å². The van der Waals surface area contributed by atoms with Gasteiger partial charge in [-0.15, -0.1) is 0 Å². The molecule has 1 heterocycles. The quantitative estimate of drug-likeness (QED) is 0.659. The van der Waals surface area contributed by atoms with Crippen molar-refractivity contribution in [2.75, 3.05) is 21.3 Å². The fourth-order valence-electron chi connectivity index (χ4n) is 2.43. The van der Waals surface area contributed by atoms with Gasteiger partial charge in [-0.2, -0.15) is 0 Å². The Morgan fingerprint density at radius 3 is 2.37 bits per heavy atom. The molecule has 0 bridgehead atoms. The highest BCUT2D eigenvalue weighted by molar-refractivity contribution is 5.83. The highest BCUT2D eigenvalue weighted by Gasteiger charge is 2.18.